The molecule has 5 nitrogen and oxygen atoms in total. The molecular weight excluding hydrogens is 230 g/mol. The van der Waals surface area contributed by atoms with E-state index in [4.69, 9.17) is 9.47 Å². The molecule has 0 saturated carbocycles. The van der Waals surface area contributed by atoms with Gasteiger partial charge in [0.15, 0.2) is 0 Å². The molecule has 2 aromatic rings. The van der Waals surface area contributed by atoms with Crippen molar-refractivity contribution >= 4 is 5.52 Å². The second-order valence-electron chi connectivity index (χ2n) is 4.65. The topological polar surface area (TPSA) is 48.7 Å². The molecule has 1 saturated heterocycles. The van der Waals surface area contributed by atoms with Gasteiger partial charge in [-0.2, -0.15) is 0 Å². The molecule has 0 aromatic carbocycles. The van der Waals surface area contributed by atoms with Crippen LogP contribution in [-0.4, -0.2) is 34.7 Å². The standard InChI is InChI=1S/C13H17N3O2/c1-9-8-16-11(13(15-9)17-2)7-14-12(16)10-3-5-18-6-4-10/h7-8,10H,3-6H2,1-2H3. The lowest BCUT2D eigenvalue weighted by atomic mass is 10.00. The fourth-order valence-corrected chi connectivity index (χ4v) is 2.51. The number of aryl methyl sites for hydroxylation is 1. The zero-order valence-corrected chi connectivity index (χ0v) is 10.7. The lowest BCUT2D eigenvalue weighted by molar-refractivity contribution is 0.0835. The van der Waals surface area contributed by atoms with E-state index in [2.05, 4.69) is 14.4 Å². The van der Waals surface area contributed by atoms with Gasteiger partial charge in [0.05, 0.1) is 19.0 Å². The molecule has 0 amide bonds. The summed E-state index contributed by atoms with van der Waals surface area (Å²) < 4.78 is 12.8. The minimum Gasteiger partial charge on any atom is -0.479 e. The van der Waals surface area contributed by atoms with Gasteiger partial charge in [-0.1, -0.05) is 0 Å². The Morgan fingerprint density at radius 3 is 2.89 bits per heavy atom. The van der Waals surface area contributed by atoms with Crippen molar-refractivity contribution in [3.63, 3.8) is 0 Å². The van der Waals surface area contributed by atoms with E-state index in [1.165, 1.54) is 0 Å². The highest BCUT2D eigenvalue weighted by molar-refractivity contribution is 5.56. The van der Waals surface area contributed by atoms with Crippen LogP contribution in [0.25, 0.3) is 5.52 Å². The van der Waals surface area contributed by atoms with Gasteiger partial charge in [0.1, 0.15) is 11.3 Å². The molecule has 0 aliphatic carbocycles. The Bertz CT molecular complexity index is 559. The largest absolute Gasteiger partial charge is 0.479 e. The molecule has 0 N–H and O–H groups in total. The van der Waals surface area contributed by atoms with Crippen LogP contribution >= 0.6 is 0 Å². The van der Waals surface area contributed by atoms with Crippen molar-refractivity contribution in [1.82, 2.24) is 14.4 Å². The van der Waals surface area contributed by atoms with Gasteiger partial charge in [-0.25, -0.2) is 9.97 Å². The molecule has 2 aromatic heterocycles. The number of hydrogen-bond acceptors (Lipinski definition) is 4. The van der Waals surface area contributed by atoms with Crippen LogP contribution in [0.4, 0.5) is 0 Å². The third-order valence-electron chi connectivity index (χ3n) is 3.42. The van der Waals surface area contributed by atoms with Crippen molar-refractivity contribution in [2.75, 3.05) is 20.3 Å². The lowest BCUT2D eigenvalue weighted by Gasteiger charge is -2.21. The van der Waals surface area contributed by atoms with Gasteiger partial charge in [-0.3, -0.25) is 4.40 Å². The van der Waals surface area contributed by atoms with E-state index < -0.39 is 0 Å². The van der Waals surface area contributed by atoms with Crippen molar-refractivity contribution in [2.45, 2.75) is 25.7 Å². The van der Waals surface area contributed by atoms with Crippen LogP contribution < -0.4 is 4.74 Å². The molecule has 5 heteroatoms. The highest BCUT2D eigenvalue weighted by Crippen LogP contribution is 2.28. The smallest absolute Gasteiger partial charge is 0.239 e. The molecule has 3 heterocycles. The average molecular weight is 247 g/mol. The van der Waals surface area contributed by atoms with E-state index in [9.17, 15) is 0 Å². The molecule has 0 atom stereocenters. The number of nitrogens with zero attached hydrogens (tertiary/aromatic N) is 3. The minimum atomic E-state index is 0.466. The molecular formula is C13H17N3O2. The normalized spacial score (nSPS) is 17.2. The Morgan fingerprint density at radius 1 is 1.39 bits per heavy atom. The number of hydrogen-bond donors (Lipinski definition) is 0. The summed E-state index contributed by atoms with van der Waals surface area (Å²) in [5, 5.41) is 0. The van der Waals surface area contributed by atoms with Crippen LogP contribution in [-0.2, 0) is 4.74 Å². The Hall–Kier alpha value is -1.62. The minimum absolute atomic E-state index is 0.466. The summed E-state index contributed by atoms with van der Waals surface area (Å²) in [6, 6.07) is 0. The van der Waals surface area contributed by atoms with Gasteiger partial charge in [0.2, 0.25) is 5.88 Å². The number of methoxy groups -OCH3 is 1. The van der Waals surface area contributed by atoms with Crippen LogP contribution in [0.1, 0.15) is 30.3 Å². The van der Waals surface area contributed by atoms with Gasteiger partial charge < -0.3 is 9.47 Å². The molecule has 0 unspecified atom stereocenters. The second-order valence-corrected chi connectivity index (χ2v) is 4.65. The van der Waals surface area contributed by atoms with Crippen molar-refractivity contribution in [2.24, 2.45) is 0 Å². The second kappa shape index (κ2) is 4.57. The van der Waals surface area contributed by atoms with E-state index in [-0.39, 0.29) is 0 Å². The van der Waals surface area contributed by atoms with Gasteiger partial charge >= 0.3 is 0 Å². The van der Waals surface area contributed by atoms with Gasteiger partial charge in [-0.15, -0.1) is 0 Å². The monoisotopic (exact) mass is 247 g/mol. The van der Waals surface area contributed by atoms with Crippen molar-refractivity contribution < 1.29 is 9.47 Å². The van der Waals surface area contributed by atoms with Gasteiger partial charge in [0.25, 0.3) is 0 Å². The lowest BCUT2D eigenvalue weighted by Crippen LogP contribution is -2.16. The maximum absolute atomic E-state index is 5.40. The van der Waals surface area contributed by atoms with Gasteiger partial charge in [0, 0.05) is 25.3 Å². The summed E-state index contributed by atoms with van der Waals surface area (Å²) in [5.41, 5.74) is 1.87. The summed E-state index contributed by atoms with van der Waals surface area (Å²) in [5.74, 6) is 2.20. The number of fused-ring (bicyclic) bond motifs is 1. The van der Waals surface area contributed by atoms with Crippen LogP contribution in [0.2, 0.25) is 0 Å². The maximum atomic E-state index is 5.40. The SMILES string of the molecule is COc1nc(C)cn2c(C3CCOCC3)ncc12. The van der Waals surface area contributed by atoms with Crippen LogP contribution in [0.3, 0.4) is 0 Å². The van der Waals surface area contributed by atoms with E-state index in [0.717, 1.165) is 43.1 Å². The first-order valence-corrected chi connectivity index (χ1v) is 6.26. The Morgan fingerprint density at radius 2 is 2.17 bits per heavy atom. The summed E-state index contributed by atoms with van der Waals surface area (Å²) in [6.45, 7) is 3.61. The van der Waals surface area contributed by atoms with Crippen molar-refractivity contribution in [1.29, 1.82) is 0 Å². The highest BCUT2D eigenvalue weighted by Gasteiger charge is 2.21. The number of ether oxygens (including phenoxy) is 2. The number of imidazole rings is 1. The maximum Gasteiger partial charge on any atom is 0.239 e. The molecule has 0 radical (unpaired) electrons. The summed E-state index contributed by atoms with van der Waals surface area (Å²) in [6.07, 6.45) is 5.93. The molecule has 0 spiro atoms. The first-order valence-electron chi connectivity index (χ1n) is 6.26. The third-order valence-corrected chi connectivity index (χ3v) is 3.42. The Balaban J connectivity index is 2.10. The van der Waals surface area contributed by atoms with E-state index in [0.29, 0.717) is 11.8 Å². The van der Waals surface area contributed by atoms with Crippen molar-refractivity contribution in [3.05, 3.63) is 23.9 Å². The number of aromatic nitrogens is 3. The summed E-state index contributed by atoms with van der Waals surface area (Å²) >= 11 is 0. The number of rotatable bonds is 2. The highest BCUT2D eigenvalue weighted by atomic mass is 16.5. The van der Waals surface area contributed by atoms with Gasteiger partial charge in [-0.05, 0) is 19.8 Å². The zero-order chi connectivity index (χ0) is 12.5. The Labute approximate surface area is 106 Å². The predicted octanol–water partition coefficient (Wildman–Crippen LogP) is 1.94. The predicted molar refractivity (Wildman–Crippen MR) is 67.1 cm³/mol. The average Bonchev–Trinajstić information content (AvgIpc) is 2.82. The van der Waals surface area contributed by atoms with Crippen LogP contribution in [0.5, 0.6) is 5.88 Å². The van der Waals surface area contributed by atoms with Crippen LogP contribution in [0, 0.1) is 6.92 Å². The summed E-state index contributed by atoms with van der Waals surface area (Å²) in [4.78, 5) is 8.93. The van der Waals surface area contributed by atoms with Crippen LogP contribution in [0.15, 0.2) is 12.4 Å². The van der Waals surface area contributed by atoms with Crippen molar-refractivity contribution in [3.8, 4) is 5.88 Å². The van der Waals surface area contributed by atoms with E-state index in [1.54, 1.807) is 7.11 Å². The molecule has 3 rings (SSSR count). The molecule has 1 fully saturated rings. The Kier molecular flexibility index (Phi) is 2.91. The summed E-state index contributed by atoms with van der Waals surface area (Å²) in [7, 11) is 1.64. The fraction of sp³-hybridized carbons (Fsp3) is 0.538. The molecule has 0 bridgehead atoms. The fourth-order valence-electron chi connectivity index (χ4n) is 2.51. The third kappa shape index (κ3) is 1.84. The zero-order valence-electron chi connectivity index (χ0n) is 10.7. The molecule has 96 valence electrons. The van der Waals surface area contributed by atoms with E-state index >= 15 is 0 Å². The first-order chi connectivity index (χ1) is 8.79. The molecule has 18 heavy (non-hydrogen) atoms. The molecule has 1 aliphatic rings. The molecule has 1 aliphatic heterocycles. The van der Waals surface area contributed by atoms with E-state index in [1.807, 2.05) is 19.3 Å². The first kappa shape index (κ1) is 11.5. The quantitative estimate of drug-likeness (QED) is 0.813.